The number of hydrogen-bond donors (Lipinski definition) is 1. The number of carbonyl (C=O) groups is 1. The molecule has 25 heavy (non-hydrogen) atoms. The minimum Gasteiger partial charge on any atom is -0.465 e. The highest BCUT2D eigenvalue weighted by Crippen LogP contribution is 2.36. The van der Waals surface area contributed by atoms with Crippen LogP contribution in [0.1, 0.15) is 30.0 Å². The molecule has 6 nitrogen and oxygen atoms in total. The SMILES string of the molecule is COCCN1CCN(c2ccc3c(c2)C(N(C)C(=O)O)CCC3)CC1. The second-order valence-corrected chi connectivity index (χ2v) is 7.01. The van der Waals surface area contributed by atoms with Crippen LogP contribution in [0.4, 0.5) is 10.5 Å². The maximum Gasteiger partial charge on any atom is 0.407 e. The highest BCUT2D eigenvalue weighted by Gasteiger charge is 2.27. The summed E-state index contributed by atoms with van der Waals surface area (Å²) in [6.45, 7) is 5.85. The zero-order chi connectivity index (χ0) is 17.8. The monoisotopic (exact) mass is 347 g/mol. The van der Waals surface area contributed by atoms with Gasteiger partial charge in [-0.1, -0.05) is 6.07 Å². The molecule has 1 unspecified atom stereocenters. The summed E-state index contributed by atoms with van der Waals surface area (Å²) in [4.78, 5) is 17.7. The molecule has 2 aliphatic rings. The number of aryl methyl sites for hydroxylation is 1. The molecule has 6 heteroatoms. The maximum absolute atomic E-state index is 11.4. The first-order valence-electron chi connectivity index (χ1n) is 9.15. The number of fused-ring (bicyclic) bond motifs is 1. The normalized spacial score (nSPS) is 21.0. The van der Waals surface area contributed by atoms with Gasteiger partial charge in [0, 0.05) is 52.6 Å². The van der Waals surface area contributed by atoms with Crippen molar-refractivity contribution < 1.29 is 14.6 Å². The van der Waals surface area contributed by atoms with Gasteiger partial charge in [0.25, 0.3) is 0 Å². The van der Waals surface area contributed by atoms with Crippen LogP contribution in [0.25, 0.3) is 0 Å². The molecule has 1 heterocycles. The van der Waals surface area contributed by atoms with Crippen LogP contribution in [0.15, 0.2) is 18.2 Å². The first-order chi connectivity index (χ1) is 12.1. The molecule has 1 atom stereocenters. The molecule has 0 aromatic heterocycles. The Morgan fingerprint density at radius 3 is 2.76 bits per heavy atom. The van der Waals surface area contributed by atoms with Gasteiger partial charge in [-0.25, -0.2) is 4.79 Å². The Morgan fingerprint density at radius 2 is 2.08 bits per heavy atom. The Morgan fingerprint density at radius 1 is 1.32 bits per heavy atom. The van der Waals surface area contributed by atoms with Gasteiger partial charge in [0.1, 0.15) is 0 Å². The molecule has 3 rings (SSSR count). The summed E-state index contributed by atoms with van der Waals surface area (Å²) in [5, 5.41) is 9.38. The summed E-state index contributed by atoms with van der Waals surface area (Å²) in [6.07, 6.45) is 2.15. The van der Waals surface area contributed by atoms with Crippen LogP contribution in [0, 0.1) is 0 Å². The number of hydrogen-bond acceptors (Lipinski definition) is 4. The van der Waals surface area contributed by atoms with Crippen molar-refractivity contribution in [3.05, 3.63) is 29.3 Å². The number of ether oxygens (including phenoxy) is 1. The van der Waals surface area contributed by atoms with E-state index in [1.54, 1.807) is 14.2 Å². The predicted octanol–water partition coefficient (Wildman–Crippen LogP) is 2.44. The molecule has 0 radical (unpaired) electrons. The van der Waals surface area contributed by atoms with Gasteiger partial charge >= 0.3 is 6.09 Å². The van der Waals surface area contributed by atoms with Gasteiger partial charge in [0.2, 0.25) is 0 Å². The molecule has 0 spiro atoms. The second kappa shape index (κ2) is 8.06. The lowest BCUT2D eigenvalue weighted by Gasteiger charge is -2.37. The lowest BCUT2D eigenvalue weighted by atomic mass is 9.86. The van der Waals surface area contributed by atoms with Crippen LogP contribution in [0.3, 0.4) is 0 Å². The predicted molar refractivity (Wildman–Crippen MR) is 98.4 cm³/mol. The molecule has 1 aromatic rings. The van der Waals surface area contributed by atoms with Crippen molar-refractivity contribution in [2.75, 3.05) is 58.4 Å². The molecule has 1 amide bonds. The third-order valence-electron chi connectivity index (χ3n) is 5.53. The molecule has 1 aliphatic carbocycles. The minimum absolute atomic E-state index is 0.0239. The molecule has 1 aliphatic heterocycles. The minimum atomic E-state index is -0.852. The van der Waals surface area contributed by atoms with Crippen LogP contribution in [-0.4, -0.2) is 74.5 Å². The lowest BCUT2D eigenvalue weighted by molar-refractivity contribution is 0.133. The Balaban J connectivity index is 1.72. The van der Waals surface area contributed by atoms with E-state index in [2.05, 4.69) is 28.0 Å². The summed E-state index contributed by atoms with van der Waals surface area (Å²) in [7, 11) is 3.43. The number of piperazine rings is 1. The van der Waals surface area contributed by atoms with E-state index in [1.165, 1.54) is 21.7 Å². The Bertz CT molecular complexity index is 600. The first-order valence-corrected chi connectivity index (χ1v) is 9.15. The lowest BCUT2D eigenvalue weighted by Crippen LogP contribution is -2.47. The van der Waals surface area contributed by atoms with E-state index in [0.717, 1.165) is 58.6 Å². The van der Waals surface area contributed by atoms with E-state index >= 15 is 0 Å². The molecule has 0 saturated carbocycles. The third-order valence-corrected chi connectivity index (χ3v) is 5.53. The van der Waals surface area contributed by atoms with Gasteiger partial charge < -0.3 is 19.6 Å². The van der Waals surface area contributed by atoms with Crippen molar-refractivity contribution >= 4 is 11.8 Å². The van der Waals surface area contributed by atoms with Crippen molar-refractivity contribution in [1.82, 2.24) is 9.80 Å². The second-order valence-electron chi connectivity index (χ2n) is 7.01. The molecule has 138 valence electrons. The molecule has 1 fully saturated rings. The smallest absolute Gasteiger partial charge is 0.407 e. The average molecular weight is 347 g/mol. The highest BCUT2D eigenvalue weighted by atomic mass is 16.5. The van der Waals surface area contributed by atoms with E-state index in [9.17, 15) is 9.90 Å². The Labute approximate surface area is 150 Å². The fourth-order valence-corrected chi connectivity index (χ4v) is 3.94. The summed E-state index contributed by atoms with van der Waals surface area (Å²) in [5.41, 5.74) is 3.71. The largest absolute Gasteiger partial charge is 0.465 e. The Hall–Kier alpha value is -1.79. The number of carboxylic acid groups (broad SMARTS) is 1. The van der Waals surface area contributed by atoms with E-state index in [0.29, 0.717) is 0 Å². The van der Waals surface area contributed by atoms with Crippen LogP contribution >= 0.6 is 0 Å². The van der Waals surface area contributed by atoms with Crippen LogP contribution in [0.5, 0.6) is 0 Å². The quantitative estimate of drug-likeness (QED) is 0.887. The van der Waals surface area contributed by atoms with E-state index in [1.807, 2.05) is 0 Å². The van der Waals surface area contributed by atoms with Gasteiger partial charge in [0.15, 0.2) is 0 Å². The van der Waals surface area contributed by atoms with Crippen molar-refractivity contribution in [2.45, 2.75) is 25.3 Å². The summed E-state index contributed by atoms with van der Waals surface area (Å²) in [5.74, 6) is 0. The molecule has 1 aromatic carbocycles. The van der Waals surface area contributed by atoms with Gasteiger partial charge in [-0.05, 0) is 42.5 Å². The van der Waals surface area contributed by atoms with Crippen molar-refractivity contribution in [3.8, 4) is 0 Å². The van der Waals surface area contributed by atoms with Crippen LogP contribution in [-0.2, 0) is 11.2 Å². The van der Waals surface area contributed by atoms with E-state index < -0.39 is 6.09 Å². The molecule has 1 N–H and O–H groups in total. The van der Waals surface area contributed by atoms with Gasteiger partial charge in [0.05, 0.1) is 12.6 Å². The first kappa shape index (κ1) is 18.0. The van der Waals surface area contributed by atoms with Crippen molar-refractivity contribution in [2.24, 2.45) is 0 Å². The van der Waals surface area contributed by atoms with E-state index in [4.69, 9.17) is 4.74 Å². The number of methoxy groups -OCH3 is 1. The highest BCUT2D eigenvalue weighted by molar-refractivity contribution is 5.66. The summed E-state index contributed by atoms with van der Waals surface area (Å²) in [6, 6.07) is 6.60. The molecule has 1 saturated heterocycles. The molecular formula is C19H29N3O3. The fraction of sp³-hybridized carbons (Fsp3) is 0.632. The van der Waals surface area contributed by atoms with Crippen molar-refractivity contribution in [3.63, 3.8) is 0 Å². The van der Waals surface area contributed by atoms with E-state index in [-0.39, 0.29) is 6.04 Å². The standard InChI is InChI=1S/C19H29N3O3/c1-20(19(23)24)18-5-3-4-15-6-7-16(14-17(15)18)22-10-8-21(9-11-22)12-13-25-2/h6-7,14,18H,3-5,8-13H2,1-2H3,(H,23,24). The number of rotatable bonds is 5. The zero-order valence-electron chi connectivity index (χ0n) is 15.3. The molecular weight excluding hydrogens is 318 g/mol. The third kappa shape index (κ3) is 4.07. The van der Waals surface area contributed by atoms with Gasteiger partial charge in [-0.2, -0.15) is 0 Å². The summed E-state index contributed by atoms with van der Waals surface area (Å²) >= 11 is 0. The number of benzene rings is 1. The average Bonchev–Trinajstić information content (AvgIpc) is 2.65. The maximum atomic E-state index is 11.4. The fourth-order valence-electron chi connectivity index (χ4n) is 3.94. The zero-order valence-corrected chi connectivity index (χ0v) is 15.3. The number of anilines is 1. The number of nitrogens with zero attached hydrogens (tertiary/aromatic N) is 3. The van der Waals surface area contributed by atoms with Gasteiger partial charge in [-0.15, -0.1) is 0 Å². The Kier molecular flexibility index (Phi) is 5.81. The topological polar surface area (TPSA) is 56.2 Å². The number of amides is 1. The van der Waals surface area contributed by atoms with Crippen LogP contribution < -0.4 is 4.90 Å². The van der Waals surface area contributed by atoms with Crippen molar-refractivity contribution in [1.29, 1.82) is 0 Å². The summed E-state index contributed by atoms with van der Waals surface area (Å²) < 4.78 is 5.16. The molecule has 0 bridgehead atoms. The van der Waals surface area contributed by atoms with Gasteiger partial charge in [-0.3, -0.25) is 4.90 Å². The van der Waals surface area contributed by atoms with Crippen LogP contribution in [0.2, 0.25) is 0 Å².